The molecule has 30 heavy (non-hydrogen) atoms. The molecule has 4 aliphatic carbocycles. The molecular formula is C30H44. The van der Waals surface area contributed by atoms with Crippen LogP contribution in [0.3, 0.4) is 0 Å². The molecule has 0 heterocycles. The third kappa shape index (κ3) is 3.53. The van der Waals surface area contributed by atoms with Crippen molar-refractivity contribution in [2.75, 3.05) is 0 Å². The molecule has 0 aromatic heterocycles. The van der Waals surface area contributed by atoms with E-state index in [2.05, 4.69) is 84.9 Å². The van der Waals surface area contributed by atoms with E-state index < -0.39 is 0 Å². The summed E-state index contributed by atoms with van der Waals surface area (Å²) in [6.07, 6.45) is 21.6. The summed E-state index contributed by atoms with van der Waals surface area (Å²) in [5, 5.41) is 0. The molecule has 0 bridgehead atoms. The van der Waals surface area contributed by atoms with E-state index in [0.29, 0.717) is 11.8 Å². The van der Waals surface area contributed by atoms with Gasteiger partial charge in [-0.1, -0.05) is 83.6 Å². The largest absolute Gasteiger partial charge is 0.0842 e. The highest BCUT2D eigenvalue weighted by Gasteiger charge is 2.49. The zero-order valence-corrected chi connectivity index (χ0v) is 20.5. The van der Waals surface area contributed by atoms with Gasteiger partial charge in [0.05, 0.1) is 0 Å². The Labute approximate surface area is 186 Å². The first kappa shape index (κ1) is 21.9. The molecule has 0 radical (unpaired) electrons. The smallest absolute Gasteiger partial charge is 0.0177 e. The van der Waals surface area contributed by atoms with E-state index >= 15 is 0 Å². The van der Waals surface area contributed by atoms with Gasteiger partial charge in [0, 0.05) is 5.41 Å². The van der Waals surface area contributed by atoms with Gasteiger partial charge in [0.25, 0.3) is 0 Å². The number of hydrogen-bond donors (Lipinski definition) is 0. The molecule has 0 aliphatic heterocycles. The lowest BCUT2D eigenvalue weighted by Crippen LogP contribution is -2.36. The van der Waals surface area contributed by atoms with Gasteiger partial charge >= 0.3 is 0 Å². The Balaban J connectivity index is 1.62. The predicted molar refractivity (Wildman–Crippen MR) is 131 cm³/mol. The molecule has 0 saturated heterocycles. The summed E-state index contributed by atoms with van der Waals surface area (Å²) in [5.41, 5.74) is 6.81. The Bertz CT molecular complexity index is 813. The van der Waals surface area contributed by atoms with Crippen LogP contribution in [0.4, 0.5) is 0 Å². The number of allylic oxidation sites excluding steroid dienone is 10. The van der Waals surface area contributed by atoms with Crippen molar-refractivity contribution in [3.8, 4) is 0 Å². The minimum Gasteiger partial charge on any atom is -0.0842 e. The van der Waals surface area contributed by atoms with Gasteiger partial charge in [0.2, 0.25) is 0 Å². The monoisotopic (exact) mass is 404 g/mol. The van der Waals surface area contributed by atoms with Crippen molar-refractivity contribution in [1.82, 2.24) is 0 Å². The summed E-state index contributed by atoms with van der Waals surface area (Å²) in [6.45, 7) is 17.1. The van der Waals surface area contributed by atoms with Crippen LogP contribution in [0.1, 0.15) is 80.6 Å². The first-order valence-corrected chi connectivity index (χ1v) is 12.8. The van der Waals surface area contributed by atoms with Crippen molar-refractivity contribution in [1.29, 1.82) is 0 Å². The molecule has 7 atom stereocenters. The maximum absolute atomic E-state index is 2.70. The van der Waals surface area contributed by atoms with E-state index in [1.807, 2.05) is 0 Å². The van der Waals surface area contributed by atoms with Gasteiger partial charge in [-0.05, 0) is 97.2 Å². The summed E-state index contributed by atoms with van der Waals surface area (Å²) in [6, 6.07) is 0. The average molecular weight is 405 g/mol. The second kappa shape index (κ2) is 8.33. The van der Waals surface area contributed by atoms with Gasteiger partial charge < -0.3 is 0 Å². The Morgan fingerprint density at radius 3 is 2.67 bits per heavy atom. The summed E-state index contributed by atoms with van der Waals surface area (Å²) >= 11 is 0. The summed E-state index contributed by atoms with van der Waals surface area (Å²) in [7, 11) is 0. The second-order valence-corrected chi connectivity index (χ2v) is 11.4. The highest BCUT2D eigenvalue weighted by atomic mass is 14.5. The Hall–Kier alpha value is -1.30. The van der Waals surface area contributed by atoms with Crippen molar-refractivity contribution in [2.24, 2.45) is 46.8 Å². The molecule has 0 spiro atoms. The lowest BCUT2D eigenvalue weighted by molar-refractivity contribution is 0.219. The highest BCUT2D eigenvalue weighted by molar-refractivity contribution is 5.56. The molecule has 1 unspecified atom stereocenters. The van der Waals surface area contributed by atoms with E-state index in [9.17, 15) is 0 Å². The van der Waals surface area contributed by atoms with Crippen molar-refractivity contribution >= 4 is 0 Å². The molecule has 4 rings (SSSR count). The first-order valence-electron chi connectivity index (χ1n) is 12.8. The normalized spacial score (nSPS) is 37.6. The van der Waals surface area contributed by atoms with Crippen LogP contribution in [0, 0.1) is 46.8 Å². The molecule has 0 N–H and O–H groups in total. The second-order valence-electron chi connectivity index (χ2n) is 11.4. The third-order valence-corrected chi connectivity index (χ3v) is 9.33. The summed E-state index contributed by atoms with van der Waals surface area (Å²) in [4.78, 5) is 0. The van der Waals surface area contributed by atoms with Gasteiger partial charge in [-0.3, -0.25) is 0 Å². The van der Waals surface area contributed by atoms with Crippen molar-refractivity contribution in [3.63, 3.8) is 0 Å². The minimum atomic E-state index is 0.254. The lowest BCUT2D eigenvalue weighted by atomic mass is 9.57. The Kier molecular flexibility index (Phi) is 6.08. The molecular weight excluding hydrogens is 360 g/mol. The van der Waals surface area contributed by atoms with Gasteiger partial charge in [-0.15, -0.1) is 0 Å². The topological polar surface area (TPSA) is 0 Å². The predicted octanol–water partition coefficient (Wildman–Crippen LogP) is 8.69. The molecule has 0 nitrogen and oxygen atoms in total. The van der Waals surface area contributed by atoms with Crippen LogP contribution in [-0.4, -0.2) is 0 Å². The van der Waals surface area contributed by atoms with E-state index in [4.69, 9.17) is 0 Å². The fourth-order valence-corrected chi connectivity index (χ4v) is 7.77. The molecule has 4 aliphatic rings. The maximum Gasteiger partial charge on any atom is 0.0177 e. The zero-order chi connectivity index (χ0) is 21.6. The van der Waals surface area contributed by atoms with Crippen LogP contribution >= 0.6 is 0 Å². The van der Waals surface area contributed by atoms with Crippen LogP contribution in [0.2, 0.25) is 0 Å². The van der Waals surface area contributed by atoms with E-state index in [1.165, 1.54) is 37.7 Å². The Morgan fingerprint density at radius 2 is 1.97 bits per heavy atom. The standard InChI is InChI=1S/C30H44/c1-8-24(19(2)3)20(4)17-21(5)25-14-15-27-26-13-12-23-11-9-10-16-30(23,7)28(26)18-22(6)29(25)27/h9,11-13,17-19,21-22,24-25,27,29H,8,10,14-16H2,1-7H3/b20-17+/t21-,22-,24+,25-,27+,29?,30+/m1/s1. The third-order valence-electron chi connectivity index (χ3n) is 9.33. The number of rotatable bonds is 5. The van der Waals surface area contributed by atoms with Crippen LogP contribution in [0.25, 0.3) is 0 Å². The highest BCUT2D eigenvalue weighted by Crippen LogP contribution is 2.59. The summed E-state index contributed by atoms with van der Waals surface area (Å²) in [5.74, 6) is 5.28. The van der Waals surface area contributed by atoms with Crippen molar-refractivity contribution < 1.29 is 0 Å². The SMILES string of the molecule is CC[C@H](/C(C)=C/[C@@H](C)[C@H]1CC[C@H]2C3=CC=C4C=CCC[C@]4(C)C3=C[C@@H](C)C21)C(C)C. The minimum absolute atomic E-state index is 0.254. The fraction of sp³-hybridized carbons (Fsp3) is 0.667. The number of hydrogen-bond acceptors (Lipinski definition) is 0. The van der Waals surface area contributed by atoms with Crippen LogP contribution in [0.15, 0.2) is 58.7 Å². The molecule has 0 heteroatoms. The summed E-state index contributed by atoms with van der Waals surface area (Å²) < 4.78 is 0. The molecule has 1 saturated carbocycles. The molecule has 164 valence electrons. The quantitative estimate of drug-likeness (QED) is 0.402. The Morgan fingerprint density at radius 1 is 1.20 bits per heavy atom. The zero-order valence-electron chi connectivity index (χ0n) is 20.5. The maximum atomic E-state index is 2.70. The van der Waals surface area contributed by atoms with Gasteiger partial charge in [0.1, 0.15) is 0 Å². The van der Waals surface area contributed by atoms with E-state index in [0.717, 1.165) is 29.6 Å². The van der Waals surface area contributed by atoms with Crippen LogP contribution < -0.4 is 0 Å². The molecule has 0 amide bonds. The first-order chi connectivity index (χ1) is 14.3. The molecule has 1 fully saturated rings. The van der Waals surface area contributed by atoms with Crippen molar-refractivity contribution in [2.45, 2.75) is 80.6 Å². The van der Waals surface area contributed by atoms with Crippen LogP contribution in [-0.2, 0) is 0 Å². The van der Waals surface area contributed by atoms with Crippen molar-refractivity contribution in [3.05, 3.63) is 58.7 Å². The molecule has 0 aromatic carbocycles. The van der Waals surface area contributed by atoms with Crippen LogP contribution in [0.5, 0.6) is 0 Å². The molecule has 0 aromatic rings. The van der Waals surface area contributed by atoms with Gasteiger partial charge in [0.15, 0.2) is 0 Å². The lowest BCUT2D eigenvalue weighted by Gasteiger charge is -2.47. The van der Waals surface area contributed by atoms with E-state index in [-0.39, 0.29) is 5.41 Å². The van der Waals surface area contributed by atoms with E-state index in [1.54, 1.807) is 16.7 Å². The van der Waals surface area contributed by atoms with Gasteiger partial charge in [-0.25, -0.2) is 0 Å². The fourth-order valence-electron chi connectivity index (χ4n) is 7.77. The number of fused-ring (bicyclic) bond motifs is 5. The van der Waals surface area contributed by atoms with Gasteiger partial charge in [-0.2, -0.15) is 0 Å². The average Bonchev–Trinajstić information content (AvgIpc) is 3.14.